The predicted octanol–water partition coefficient (Wildman–Crippen LogP) is 4.41. The van der Waals surface area contributed by atoms with Crippen LogP contribution >= 0.6 is 0 Å². The van der Waals surface area contributed by atoms with Gasteiger partial charge in [-0.05, 0) is 113 Å². The zero-order valence-corrected chi connectivity index (χ0v) is 44.5. The molecule has 0 saturated carbocycles. The Balaban J connectivity index is 1.44. The minimum Gasteiger partial charge on any atom is -0.342 e. The number of carbonyl (C=O) groups excluding carboxylic acids is 4. The molecule has 2 heterocycles. The molecule has 0 aromatic heterocycles. The van der Waals surface area contributed by atoms with Gasteiger partial charge in [0.15, 0.2) is 0 Å². The van der Waals surface area contributed by atoms with Gasteiger partial charge in [0, 0.05) is 51.4 Å². The normalized spacial score (nSPS) is 18.7. The van der Waals surface area contributed by atoms with Crippen LogP contribution in [0.25, 0.3) is 0 Å². The lowest BCUT2D eigenvalue weighted by molar-refractivity contribution is -0.140. The van der Waals surface area contributed by atoms with Crippen molar-refractivity contribution in [2.45, 2.75) is 140 Å². The van der Waals surface area contributed by atoms with Crippen molar-refractivity contribution in [3.63, 3.8) is 0 Å². The largest absolute Gasteiger partial charge is 0.342 e. The fourth-order valence-electron chi connectivity index (χ4n) is 9.02. The van der Waals surface area contributed by atoms with Crippen LogP contribution in [0.3, 0.4) is 0 Å². The average Bonchev–Trinajstić information content (AvgIpc) is 4.01. The van der Waals surface area contributed by atoms with Crippen LogP contribution in [0.15, 0.2) is 94.7 Å². The molecule has 2 aliphatic heterocycles. The number of carbonyl (C=O) groups is 4. The van der Waals surface area contributed by atoms with Crippen LogP contribution in [0, 0.1) is 10.8 Å². The number of hydrogen-bond donors (Lipinski definition) is 4. The first-order valence-corrected chi connectivity index (χ1v) is 27.5. The Labute approximate surface area is 417 Å². The standard InChI is InChI=1S/C52H78N8O8S2/c1-37(53-9)47(61)55-45(51(3,4)5)49(63)59-31-17-23-41(59)35-57(33-29-39-19-13-11-14-20-39)69(65,66)43-25-27-44(28-26-43)70(67,68)58(34-30-40-21-15-12-16-22-40)36-42-24-18-32-60(42)50(64)46(52(6,7)8)56-48(62)38(2)54-10/h11-16,19-22,25-28,37-38,41-42,45-46,53-54H,17-18,23-24,29-36H2,1-10H3,(H,55,61)(H,56,62)/t37-,38-,41-,42-,45+,46+/m0/s1. The van der Waals surface area contributed by atoms with E-state index in [2.05, 4.69) is 21.3 Å². The number of nitrogens with zero attached hydrogens (tertiary/aromatic N) is 4. The molecule has 0 spiro atoms. The molecular weight excluding hydrogens is 929 g/mol. The first-order valence-electron chi connectivity index (χ1n) is 24.6. The molecule has 0 bridgehead atoms. The summed E-state index contributed by atoms with van der Waals surface area (Å²) in [5.41, 5.74) is 0.577. The maximum absolute atomic E-state index is 14.8. The molecule has 386 valence electrons. The van der Waals surface area contributed by atoms with Crippen molar-refractivity contribution < 1.29 is 36.0 Å². The molecule has 3 aromatic carbocycles. The quantitative estimate of drug-likeness (QED) is 0.112. The summed E-state index contributed by atoms with van der Waals surface area (Å²) in [6.45, 7) is 15.8. The lowest BCUT2D eigenvalue weighted by atomic mass is 9.85. The summed E-state index contributed by atoms with van der Waals surface area (Å²) in [5, 5.41) is 11.7. The maximum Gasteiger partial charge on any atom is 0.245 e. The van der Waals surface area contributed by atoms with Gasteiger partial charge >= 0.3 is 0 Å². The minimum atomic E-state index is -4.26. The highest BCUT2D eigenvalue weighted by molar-refractivity contribution is 7.89. The van der Waals surface area contributed by atoms with Gasteiger partial charge in [0.05, 0.1) is 21.9 Å². The van der Waals surface area contributed by atoms with E-state index in [-0.39, 0.29) is 59.6 Å². The highest BCUT2D eigenvalue weighted by Crippen LogP contribution is 2.31. The fourth-order valence-corrected chi connectivity index (χ4v) is 12.0. The van der Waals surface area contributed by atoms with Crippen LogP contribution in [-0.2, 0) is 52.1 Å². The molecule has 0 radical (unpaired) electrons. The van der Waals surface area contributed by atoms with E-state index in [1.54, 1.807) is 37.7 Å². The predicted molar refractivity (Wildman–Crippen MR) is 274 cm³/mol. The van der Waals surface area contributed by atoms with Crippen molar-refractivity contribution in [3.8, 4) is 0 Å². The molecule has 5 rings (SSSR count). The number of benzene rings is 3. The summed E-state index contributed by atoms with van der Waals surface area (Å²) in [6.07, 6.45) is 3.22. The molecule has 4 amide bonds. The van der Waals surface area contributed by atoms with E-state index in [9.17, 15) is 36.0 Å². The second kappa shape index (κ2) is 24.1. The molecule has 2 aliphatic rings. The molecule has 2 saturated heterocycles. The van der Waals surface area contributed by atoms with Gasteiger partial charge in [-0.2, -0.15) is 8.61 Å². The monoisotopic (exact) mass is 1010 g/mol. The average molecular weight is 1010 g/mol. The van der Waals surface area contributed by atoms with Crippen molar-refractivity contribution in [1.29, 1.82) is 0 Å². The summed E-state index contributed by atoms with van der Waals surface area (Å²) in [6, 6.07) is 20.6. The summed E-state index contributed by atoms with van der Waals surface area (Å²) < 4.78 is 62.1. The van der Waals surface area contributed by atoms with Gasteiger partial charge in [0.2, 0.25) is 43.7 Å². The first kappa shape index (κ1) is 56.2. The second-order valence-corrected chi connectivity index (χ2v) is 24.8. The van der Waals surface area contributed by atoms with Crippen LogP contribution in [0.2, 0.25) is 0 Å². The Morgan fingerprint density at radius 2 is 0.900 bits per heavy atom. The van der Waals surface area contributed by atoms with Gasteiger partial charge in [-0.1, -0.05) is 102 Å². The summed E-state index contributed by atoms with van der Waals surface area (Å²) in [4.78, 5) is 58.1. The van der Waals surface area contributed by atoms with Crippen molar-refractivity contribution in [1.82, 2.24) is 39.7 Å². The van der Waals surface area contributed by atoms with Crippen LogP contribution in [0.1, 0.15) is 92.2 Å². The van der Waals surface area contributed by atoms with Crippen molar-refractivity contribution in [2.75, 3.05) is 53.4 Å². The van der Waals surface area contributed by atoms with Gasteiger partial charge in [0.1, 0.15) is 12.1 Å². The van der Waals surface area contributed by atoms with E-state index in [1.807, 2.05) is 102 Å². The topological polar surface area (TPSA) is 198 Å². The summed E-state index contributed by atoms with van der Waals surface area (Å²) in [7, 11) is -5.18. The van der Waals surface area contributed by atoms with E-state index in [0.717, 1.165) is 11.1 Å². The third kappa shape index (κ3) is 14.2. The third-order valence-electron chi connectivity index (χ3n) is 13.7. The third-order valence-corrected chi connectivity index (χ3v) is 17.4. The SMILES string of the molecule is CN[C@@H](C)C(=O)N[C@H](C(=O)N1CCC[C@H]1CN(CCc1ccccc1)S(=O)(=O)c1ccc(S(=O)(=O)N(CCc2ccccc2)C[C@@H]2CCCN2C(=O)[C@@H](NC(=O)[C@H](C)NC)C(C)(C)C)cc1)C(C)(C)C. The van der Waals surface area contributed by atoms with Gasteiger partial charge in [-0.3, -0.25) is 19.2 Å². The van der Waals surface area contributed by atoms with Crippen LogP contribution in [-0.4, -0.2) is 148 Å². The first-order chi connectivity index (χ1) is 32.9. The Morgan fingerprint density at radius 1 is 0.571 bits per heavy atom. The number of rotatable bonds is 22. The molecule has 70 heavy (non-hydrogen) atoms. The molecule has 6 atom stereocenters. The number of sulfonamides is 2. The Bertz CT molecular complexity index is 2280. The zero-order valence-electron chi connectivity index (χ0n) is 42.9. The van der Waals surface area contributed by atoms with E-state index < -0.39 is 67.1 Å². The van der Waals surface area contributed by atoms with E-state index in [4.69, 9.17) is 0 Å². The number of likely N-dealkylation sites (N-methyl/N-ethyl adjacent to an activating group) is 2. The zero-order chi connectivity index (χ0) is 51.6. The minimum absolute atomic E-state index is 0.00315. The van der Waals surface area contributed by atoms with Gasteiger partial charge < -0.3 is 31.1 Å². The van der Waals surface area contributed by atoms with Gasteiger partial charge in [-0.25, -0.2) is 16.8 Å². The lowest BCUT2D eigenvalue weighted by Gasteiger charge is -2.37. The molecule has 2 fully saturated rings. The second-order valence-electron chi connectivity index (χ2n) is 21.0. The van der Waals surface area contributed by atoms with E-state index in [1.165, 1.54) is 32.9 Å². The molecule has 4 N–H and O–H groups in total. The van der Waals surface area contributed by atoms with Gasteiger partial charge in [0.25, 0.3) is 0 Å². The van der Waals surface area contributed by atoms with E-state index >= 15 is 0 Å². The molecule has 3 aromatic rings. The highest BCUT2D eigenvalue weighted by atomic mass is 32.2. The molecule has 18 heteroatoms. The van der Waals surface area contributed by atoms with Crippen molar-refractivity contribution in [2.24, 2.45) is 10.8 Å². The van der Waals surface area contributed by atoms with Crippen LogP contribution < -0.4 is 21.3 Å². The van der Waals surface area contributed by atoms with E-state index in [0.29, 0.717) is 51.6 Å². The van der Waals surface area contributed by atoms with Crippen LogP contribution in [0.4, 0.5) is 0 Å². The Morgan fingerprint density at radius 3 is 1.20 bits per heavy atom. The Kier molecular flexibility index (Phi) is 19.4. The smallest absolute Gasteiger partial charge is 0.245 e. The molecule has 0 aliphatic carbocycles. The fraction of sp³-hybridized carbons (Fsp3) is 0.577. The highest BCUT2D eigenvalue weighted by Gasteiger charge is 2.43. The molecule has 16 nitrogen and oxygen atoms in total. The van der Waals surface area contributed by atoms with Gasteiger partial charge in [-0.15, -0.1) is 0 Å². The molecular formula is C52H78N8O8S2. The number of amides is 4. The molecule has 0 unspecified atom stereocenters. The van der Waals surface area contributed by atoms with Crippen LogP contribution in [0.5, 0.6) is 0 Å². The van der Waals surface area contributed by atoms with Crippen molar-refractivity contribution >= 4 is 43.7 Å². The number of nitrogens with one attached hydrogen (secondary N) is 4. The summed E-state index contributed by atoms with van der Waals surface area (Å²) in [5.74, 6) is -1.18. The number of hydrogen-bond acceptors (Lipinski definition) is 10. The summed E-state index contributed by atoms with van der Waals surface area (Å²) >= 11 is 0. The maximum atomic E-state index is 14.8. The lowest BCUT2D eigenvalue weighted by Crippen LogP contribution is -2.59. The number of likely N-dealkylation sites (tertiary alicyclic amines) is 2. The van der Waals surface area contributed by atoms with Crippen molar-refractivity contribution in [3.05, 3.63) is 96.1 Å². The Hall–Kier alpha value is -4.72.